The molecule has 3 aromatic rings. The molecule has 3 rings (SSSR count). The third-order valence-corrected chi connectivity index (χ3v) is 4.15. The average Bonchev–Trinajstić information content (AvgIpc) is 2.56. The number of halogens is 2. The summed E-state index contributed by atoms with van der Waals surface area (Å²) in [5, 5.41) is 5.59. The number of para-hydroxylation sites is 1. The summed E-state index contributed by atoms with van der Waals surface area (Å²) in [5.41, 5.74) is 5.30. The summed E-state index contributed by atoms with van der Waals surface area (Å²) in [6.07, 6.45) is 1.46. The molecule has 4 nitrogen and oxygen atoms in total. The molecule has 2 aromatic carbocycles. The smallest absolute Gasteiger partial charge is 0.267 e. The van der Waals surface area contributed by atoms with Gasteiger partial charge in [-0.05, 0) is 30.7 Å². The lowest BCUT2D eigenvalue weighted by Crippen LogP contribution is -2.18. The fourth-order valence-electron chi connectivity index (χ4n) is 2.30. The molecule has 0 aliphatic rings. The number of hydrazone groups is 1. The van der Waals surface area contributed by atoms with Gasteiger partial charge in [-0.2, -0.15) is 5.10 Å². The van der Waals surface area contributed by atoms with Crippen LogP contribution in [-0.4, -0.2) is 17.1 Å². The summed E-state index contributed by atoms with van der Waals surface area (Å²) in [6, 6.07) is 14.5. The number of nitrogens with one attached hydrogen (secondary N) is 1. The second kappa shape index (κ2) is 6.99. The fraction of sp³-hybridized carbons (Fsp3) is 0.0556. The number of benzene rings is 2. The molecule has 120 valence electrons. The highest BCUT2D eigenvalue weighted by Crippen LogP contribution is 2.21. The van der Waals surface area contributed by atoms with Crippen LogP contribution >= 0.6 is 23.2 Å². The molecule has 1 amide bonds. The fourth-order valence-corrected chi connectivity index (χ4v) is 2.71. The van der Waals surface area contributed by atoms with Crippen LogP contribution in [0, 0.1) is 6.92 Å². The highest BCUT2D eigenvalue weighted by Gasteiger charge is 2.08. The van der Waals surface area contributed by atoms with E-state index in [9.17, 15) is 4.79 Å². The Bertz CT molecular complexity index is 954. The molecule has 1 aromatic heterocycles. The van der Waals surface area contributed by atoms with E-state index in [4.69, 9.17) is 23.2 Å². The van der Waals surface area contributed by atoms with Crippen molar-refractivity contribution in [2.45, 2.75) is 6.92 Å². The van der Waals surface area contributed by atoms with E-state index in [1.165, 1.54) is 6.21 Å². The summed E-state index contributed by atoms with van der Waals surface area (Å²) in [4.78, 5) is 16.4. The maximum atomic E-state index is 12.0. The van der Waals surface area contributed by atoms with E-state index >= 15 is 0 Å². The zero-order valence-corrected chi connectivity index (χ0v) is 14.3. The quantitative estimate of drug-likeness (QED) is 0.422. The van der Waals surface area contributed by atoms with E-state index in [1.54, 1.807) is 24.3 Å². The monoisotopic (exact) mass is 357 g/mol. The van der Waals surface area contributed by atoms with Gasteiger partial charge in [0.05, 0.1) is 22.3 Å². The summed E-state index contributed by atoms with van der Waals surface area (Å²) < 4.78 is 0. The maximum absolute atomic E-state index is 12.0. The molecule has 0 spiro atoms. The SMILES string of the molecule is Cc1cccc2cc(/C=N\NC(=O)c3ccccc3Cl)c(Cl)nc12. The van der Waals surface area contributed by atoms with Gasteiger partial charge in [-0.15, -0.1) is 0 Å². The van der Waals surface area contributed by atoms with Crippen LogP contribution in [0.5, 0.6) is 0 Å². The molecule has 24 heavy (non-hydrogen) atoms. The molecular weight excluding hydrogens is 345 g/mol. The first-order chi connectivity index (χ1) is 11.6. The van der Waals surface area contributed by atoms with Gasteiger partial charge >= 0.3 is 0 Å². The highest BCUT2D eigenvalue weighted by atomic mass is 35.5. The van der Waals surface area contributed by atoms with Crippen molar-refractivity contribution in [3.63, 3.8) is 0 Å². The Morgan fingerprint density at radius 2 is 1.96 bits per heavy atom. The molecule has 0 atom stereocenters. The van der Waals surface area contributed by atoms with Crippen LogP contribution in [0.3, 0.4) is 0 Å². The van der Waals surface area contributed by atoms with Crippen molar-refractivity contribution in [2.24, 2.45) is 5.10 Å². The van der Waals surface area contributed by atoms with E-state index in [0.29, 0.717) is 21.3 Å². The number of hydrogen-bond acceptors (Lipinski definition) is 3. The van der Waals surface area contributed by atoms with Crippen molar-refractivity contribution < 1.29 is 4.79 Å². The standard InChI is InChI=1S/C18H13Cl2N3O/c1-11-5-4-6-12-9-13(17(20)22-16(11)12)10-21-23-18(24)14-7-2-3-8-15(14)19/h2-10H,1H3,(H,23,24)/b21-10-. The van der Waals surface area contributed by atoms with Crippen molar-refractivity contribution in [1.82, 2.24) is 10.4 Å². The number of aryl methyl sites for hydroxylation is 1. The zero-order valence-electron chi connectivity index (χ0n) is 12.8. The van der Waals surface area contributed by atoms with Gasteiger partial charge in [0.2, 0.25) is 0 Å². The normalized spacial score (nSPS) is 11.1. The Morgan fingerprint density at radius 3 is 2.75 bits per heavy atom. The van der Waals surface area contributed by atoms with Crippen molar-refractivity contribution in [2.75, 3.05) is 0 Å². The minimum Gasteiger partial charge on any atom is -0.267 e. The van der Waals surface area contributed by atoms with Crippen LogP contribution in [0.15, 0.2) is 53.6 Å². The number of amides is 1. The minimum absolute atomic E-state index is 0.326. The zero-order chi connectivity index (χ0) is 17.1. The van der Waals surface area contributed by atoms with Crippen molar-refractivity contribution in [3.05, 3.63) is 75.4 Å². The average molecular weight is 358 g/mol. The van der Waals surface area contributed by atoms with E-state index < -0.39 is 5.91 Å². The van der Waals surface area contributed by atoms with Gasteiger partial charge in [0.1, 0.15) is 5.15 Å². The molecule has 0 radical (unpaired) electrons. The lowest BCUT2D eigenvalue weighted by molar-refractivity contribution is 0.0955. The molecule has 0 bridgehead atoms. The van der Waals surface area contributed by atoms with Crippen LogP contribution in [0.1, 0.15) is 21.5 Å². The molecular formula is C18H13Cl2N3O. The number of carbonyl (C=O) groups is 1. The summed E-state index contributed by atoms with van der Waals surface area (Å²) in [6.45, 7) is 1.98. The van der Waals surface area contributed by atoms with Crippen LogP contribution in [0.25, 0.3) is 10.9 Å². The predicted molar refractivity (Wildman–Crippen MR) is 98.0 cm³/mol. The molecule has 6 heteroatoms. The molecule has 0 saturated heterocycles. The number of fused-ring (bicyclic) bond motifs is 1. The highest BCUT2D eigenvalue weighted by molar-refractivity contribution is 6.34. The predicted octanol–water partition coefficient (Wildman–Crippen LogP) is 4.61. The van der Waals surface area contributed by atoms with Gasteiger partial charge < -0.3 is 0 Å². The van der Waals surface area contributed by atoms with E-state index in [2.05, 4.69) is 15.5 Å². The first-order valence-electron chi connectivity index (χ1n) is 7.20. The Labute approximate surface area is 149 Å². The number of aromatic nitrogens is 1. The summed E-state index contributed by atoms with van der Waals surface area (Å²) >= 11 is 12.2. The first kappa shape index (κ1) is 16.4. The summed E-state index contributed by atoms with van der Waals surface area (Å²) in [7, 11) is 0. The van der Waals surface area contributed by atoms with Gasteiger partial charge in [0.15, 0.2) is 0 Å². The second-order valence-corrected chi connectivity index (χ2v) is 5.96. The number of pyridine rings is 1. The van der Waals surface area contributed by atoms with Crippen LogP contribution in [0.2, 0.25) is 10.2 Å². The first-order valence-corrected chi connectivity index (χ1v) is 7.95. The van der Waals surface area contributed by atoms with Gasteiger partial charge in [-0.3, -0.25) is 4.79 Å². The molecule has 0 aliphatic carbocycles. The van der Waals surface area contributed by atoms with E-state index in [-0.39, 0.29) is 0 Å². The van der Waals surface area contributed by atoms with Crippen LogP contribution < -0.4 is 5.43 Å². The molecule has 1 heterocycles. The Balaban J connectivity index is 1.82. The van der Waals surface area contributed by atoms with E-state index in [1.807, 2.05) is 31.2 Å². The van der Waals surface area contributed by atoms with Crippen molar-refractivity contribution >= 4 is 46.2 Å². The number of hydrogen-bond donors (Lipinski definition) is 1. The van der Waals surface area contributed by atoms with Gasteiger partial charge in [-0.1, -0.05) is 53.5 Å². The second-order valence-electron chi connectivity index (χ2n) is 5.19. The lowest BCUT2D eigenvalue weighted by atomic mass is 10.1. The van der Waals surface area contributed by atoms with Crippen molar-refractivity contribution in [3.8, 4) is 0 Å². The van der Waals surface area contributed by atoms with Gasteiger partial charge in [0, 0.05) is 10.9 Å². The third-order valence-electron chi connectivity index (χ3n) is 3.52. The molecule has 0 unspecified atom stereocenters. The van der Waals surface area contributed by atoms with Crippen LogP contribution in [-0.2, 0) is 0 Å². The Hall–Kier alpha value is -2.43. The Morgan fingerprint density at radius 1 is 1.17 bits per heavy atom. The maximum Gasteiger partial charge on any atom is 0.272 e. The van der Waals surface area contributed by atoms with Gasteiger partial charge in [0.25, 0.3) is 5.91 Å². The van der Waals surface area contributed by atoms with Gasteiger partial charge in [-0.25, -0.2) is 10.4 Å². The van der Waals surface area contributed by atoms with Crippen molar-refractivity contribution in [1.29, 1.82) is 0 Å². The Kier molecular flexibility index (Phi) is 4.79. The molecule has 1 N–H and O–H groups in total. The number of rotatable bonds is 3. The molecule has 0 saturated carbocycles. The third kappa shape index (κ3) is 3.40. The molecule has 0 fully saturated rings. The molecule has 0 aliphatic heterocycles. The lowest BCUT2D eigenvalue weighted by Gasteiger charge is -2.05. The minimum atomic E-state index is -0.391. The number of carbonyl (C=O) groups excluding carboxylic acids is 1. The topological polar surface area (TPSA) is 54.4 Å². The summed E-state index contributed by atoms with van der Waals surface area (Å²) in [5.74, 6) is -0.391. The van der Waals surface area contributed by atoms with E-state index in [0.717, 1.165) is 16.5 Å². The number of nitrogens with zero attached hydrogens (tertiary/aromatic N) is 2. The van der Waals surface area contributed by atoms with Crippen LogP contribution in [0.4, 0.5) is 0 Å². The largest absolute Gasteiger partial charge is 0.272 e.